The molecule has 0 radical (unpaired) electrons. The van der Waals surface area contributed by atoms with Crippen LogP contribution in [0.3, 0.4) is 0 Å². The highest BCUT2D eigenvalue weighted by atomic mass is 19.1. The van der Waals surface area contributed by atoms with Crippen LogP contribution in [0.25, 0.3) is 11.1 Å². The summed E-state index contributed by atoms with van der Waals surface area (Å²) in [7, 11) is 1.95. The molecule has 1 N–H and O–H groups in total. The summed E-state index contributed by atoms with van der Waals surface area (Å²) in [6.45, 7) is 0.982. The number of nitrogens with one attached hydrogen (secondary N) is 1. The number of benzene rings is 2. The largest absolute Gasteiger partial charge is 0.319 e. The summed E-state index contributed by atoms with van der Waals surface area (Å²) in [6, 6.07) is 15.0. The SMILES string of the molecule is CNCCc1ccc(-c2ccc(F)cc2)cc1. The highest BCUT2D eigenvalue weighted by molar-refractivity contribution is 5.63. The molecule has 2 aromatic rings. The van der Waals surface area contributed by atoms with Crippen LogP contribution in [0.5, 0.6) is 0 Å². The second-order valence-corrected chi connectivity index (χ2v) is 4.06. The molecule has 0 unspecified atom stereocenters. The second kappa shape index (κ2) is 5.60. The summed E-state index contributed by atoms with van der Waals surface area (Å²) >= 11 is 0. The van der Waals surface area contributed by atoms with E-state index in [-0.39, 0.29) is 5.82 Å². The summed E-state index contributed by atoms with van der Waals surface area (Å²) in [4.78, 5) is 0. The Bertz CT molecular complexity index is 459. The molecule has 2 aromatic carbocycles. The van der Waals surface area contributed by atoms with Crippen molar-refractivity contribution < 1.29 is 4.39 Å². The van der Waals surface area contributed by atoms with E-state index in [1.54, 1.807) is 12.1 Å². The van der Waals surface area contributed by atoms with Crippen molar-refractivity contribution in [2.24, 2.45) is 0 Å². The van der Waals surface area contributed by atoms with Crippen molar-refractivity contribution in [3.05, 3.63) is 59.9 Å². The van der Waals surface area contributed by atoms with Gasteiger partial charge in [0.2, 0.25) is 0 Å². The van der Waals surface area contributed by atoms with E-state index in [0.29, 0.717) is 0 Å². The van der Waals surface area contributed by atoms with Crippen LogP contribution in [0.1, 0.15) is 5.56 Å². The van der Waals surface area contributed by atoms with Gasteiger partial charge in [-0.2, -0.15) is 0 Å². The first kappa shape index (κ1) is 11.8. The fourth-order valence-electron chi connectivity index (χ4n) is 1.78. The first-order valence-electron chi connectivity index (χ1n) is 5.79. The maximum Gasteiger partial charge on any atom is 0.123 e. The molecule has 17 heavy (non-hydrogen) atoms. The van der Waals surface area contributed by atoms with E-state index in [1.165, 1.54) is 17.7 Å². The second-order valence-electron chi connectivity index (χ2n) is 4.06. The Kier molecular flexibility index (Phi) is 3.89. The van der Waals surface area contributed by atoms with Gasteiger partial charge in [-0.15, -0.1) is 0 Å². The van der Waals surface area contributed by atoms with Crippen LogP contribution in [-0.4, -0.2) is 13.6 Å². The van der Waals surface area contributed by atoms with Crippen molar-refractivity contribution in [2.45, 2.75) is 6.42 Å². The maximum atomic E-state index is 12.8. The number of halogens is 1. The Morgan fingerprint density at radius 2 is 1.41 bits per heavy atom. The molecule has 0 amide bonds. The minimum Gasteiger partial charge on any atom is -0.319 e. The van der Waals surface area contributed by atoms with Crippen molar-refractivity contribution in [2.75, 3.05) is 13.6 Å². The van der Waals surface area contributed by atoms with Gasteiger partial charge in [0.1, 0.15) is 5.82 Å². The van der Waals surface area contributed by atoms with Gasteiger partial charge in [-0.1, -0.05) is 36.4 Å². The zero-order valence-electron chi connectivity index (χ0n) is 9.91. The van der Waals surface area contributed by atoms with Crippen LogP contribution in [-0.2, 0) is 6.42 Å². The Hall–Kier alpha value is -1.67. The topological polar surface area (TPSA) is 12.0 Å². The Morgan fingerprint density at radius 3 is 1.94 bits per heavy atom. The molecule has 2 rings (SSSR count). The third-order valence-corrected chi connectivity index (χ3v) is 2.80. The van der Waals surface area contributed by atoms with Crippen LogP contribution in [0, 0.1) is 5.82 Å². The molecule has 0 spiro atoms. The molecular weight excluding hydrogens is 213 g/mol. The number of rotatable bonds is 4. The zero-order valence-corrected chi connectivity index (χ0v) is 9.91. The van der Waals surface area contributed by atoms with Gasteiger partial charge >= 0.3 is 0 Å². The number of hydrogen-bond acceptors (Lipinski definition) is 1. The lowest BCUT2D eigenvalue weighted by Crippen LogP contribution is -2.10. The predicted octanol–water partition coefficient (Wildman–Crippen LogP) is 3.25. The van der Waals surface area contributed by atoms with E-state index in [0.717, 1.165) is 24.1 Å². The molecular formula is C15H16FN. The molecule has 0 aliphatic heterocycles. The van der Waals surface area contributed by atoms with E-state index in [1.807, 2.05) is 7.05 Å². The normalized spacial score (nSPS) is 10.5. The number of hydrogen-bond donors (Lipinski definition) is 1. The smallest absolute Gasteiger partial charge is 0.123 e. The average molecular weight is 229 g/mol. The zero-order chi connectivity index (χ0) is 12.1. The van der Waals surface area contributed by atoms with Crippen molar-refractivity contribution in [1.29, 1.82) is 0 Å². The summed E-state index contributed by atoms with van der Waals surface area (Å²) in [6.07, 6.45) is 1.03. The van der Waals surface area contributed by atoms with Gasteiger partial charge in [-0.3, -0.25) is 0 Å². The van der Waals surface area contributed by atoms with Crippen LogP contribution < -0.4 is 5.32 Å². The molecule has 0 atom stereocenters. The highest BCUT2D eigenvalue weighted by Gasteiger charge is 1.98. The number of likely N-dealkylation sites (N-methyl/N-ethyl adjacent to an activating group) is 1. The van der Waals surface area contributed by atoms with Crippen molar-refractivity contribution in [3.8, 4) is 11.1 Å². The fraction of sp³-hybridized carbons (Fsp3) is 0.200. The molecule has 0 fully saturated rings. The Balaban J connectivity index is 2.14. The van der Waals surface area contributed by atoms with Crippen LogP contribution in [0.2, 0.25) is 0 Å². The molecule has 0 saturated heterocycles. The van der Waals surface area contributed by atoms with Crippen molar-refractivity contribution >= 4 is 0 Å². The van der Waals surface area contributed by atoms with E-state index < -0.39 is 0 Å². The van der Waals surface area contributed by atoms with Gasteiger partial charge in [0.15, 0.2) is 0 Å². The molecule has 0 bridgehead atoms. The Morgan fingerprint density at radius 1 is 0.882 bits per heavy atom. The monoisotopic (exact) mass is 229 g/mol. The summed E-state index contributed by atoms with van der Waals surface area (Å²) in [5, 5.41) is 3.13. The molecule has 0 saturated carbocycles. The third-order valence-electron chi connectivity index (χ3n) is 2.80. The molecule has 2 heteroatoms. The van der Waals surface area contributed by atoms with E-state index in [2.05, 4.69) is 29.6 Å². The molecule has 88 valence electrons. The van der Waals surface area contributed by atoms with Crippen LogP contribution >= 0.6 is 0 Å². The van der Waals surface area contributed by atoms with E-state index >= 15 is 0 Å². The quantitative estimate of drug-likeness (QED) is 0.848. The highest BCUT2D eigenvalue weighted by Crippen LogP contribution is 2.20. The molecule has 1 nitrogen and oxygen atoms in total. The predicted molar refractivity (Wildman–Crippen MR) is 69.5 cm³/mol. The van der Waals surface area contributed by atoms with Gasteiger partial charge in [0.25, 0.3) is 0 Å². The minimum absolute atomic E-state index is 0.195. The summed E-state index contributed by atoms with van der Waals surface area (Å²) < 4.78 is 12.8. The summed E-state index contributed by atoms with van der Waals surface area (Å²) in [5.41, 5.74) is 3.48. The summed E-state index contributed by atoms with van der Waals surface area (Å²) in [5.74, 6) is -0.195. The first-order valence-corrected chi connectivity index (χ1v) is 5.79. The molecule has 0 aliphatic carbocycles. The standard InChI is InChI=1S/C15H16FN/c1-17-11-10-12-2-4-13(5-3-12)14-6-8-15(16)9-7-14/h2-9,17H,10-11H2,1H3. The minimum atomic E-state index is -0.195. The van der Waals surface area contributed by atoms with Crippen LogP contribution in [0.15, 0.2) is 48.5 Å². The Labute approximate surface area is 101 Å². The lowest BCUT2D eigenvalue weighted by Gasteiger charge is -2.04. The van der Waals surface area contributed by atoms with Crippen molar-refractivity contribution in [3.63, 3.8) is 0 Å². The van der Waals surface area contributed by atoms with Gasteiger partial charge < -0.3 is 5.32 Å². The molecule has 0 aliphatic rings. The van der Waals surface area contributed by atoms with Gasteiger partial charge in [-0.25, -0.2) is 4.39 Å². The van der Waals surface area contributed by atoms with Crippen molar-refractivity contribution in [1.82, 2.24) is 5.32 Å². The van der Waals surface area contributed by atoms with E-state index in [4.69, 9.17) is 0 Å². The average Bonchev–Trinajstić information content (AvgIpc) is 2.38. The maximum absolute atomic E-state index is 12.8. The third kappa shape index (κ3) is 3.14. The van der Waals surface area contributed by atoms with Gasteiger partial charge in [0.05, 0.1) is 0 Å². The first-order chi connectivity index (χ1) is 8.29. The fourth-order valence-corrected chi connectivity index (χ4v) is 1.78. The van der Waals surface area contributed by atoms with E-state index in [9.17, 15) is 4.39 Å². The van der Waals surface area contributed by atoms with Gasteiger partial charge in [0, 0.05) is 0 Å². The lowest BCUT2D eigenvalue weighted by atomic mass is 10.0. The van der Waals surface area contributed by atoms with Gasteiger partial charge in [-0.05, 0) is 48.8 Å². The molecule has 0 heterocycles. The lowest BCUT2D eigenvalue weighted by molar-refractivity contribution is 0.628. The van der Waals surface area contributed by atoms with Crippen LogP contribution in [0.4, 0.5) is 4.39 Å². The molecule has 0 aromatic heterocycles.